The van der Waals surface area contributed by atoms with Gasteiger partial charge in [-0.3, -0.25) is 14.4 Å². The minimum absolute atomic E-state index is 0. The van der Waals surface area contributed by atoms with E-state index in [1.807, 2.05) is 48.5 Å². The third kappa shape index (κ3) is 15.3. The molecular formula is C38H54Cl2N8O7. The lowest BCUT2D eigenvalue weighted by molar-refractivity contribution is -0.933. The number of carbonyl (C=O) groups is 3. The molecule has 0 spiro atoms. The molecule has 1 aliphatic rings. The molecule has 4 rings (SSSR count). The number of benzene rings is 2. The van der Waals surface area contributed by atoms with E-state index in [1.54, 1.807) is 0 Å². The van der Waals surface area contributed by atoms with E-state index in [9.17, 15) is 14.4 Å². The van der Waals surface area contributed by atoms with Crippen molar-refractivity contribution in [3.05, 3.63) is 70.5 Å². The Morgan fingerprint density at radius 1 is 0.782 bits per heavy atom. The monoisotopic (exact) mass is 804 g/mol. The predicted molar refractivity (Wildman–Crippen MR) is 206 cm³/mol. The van der Waals surface area contributed by atoms with Crippen LogP contribution in [-0.4, -0.2) is 114 Å². The van der Waals surface area contributed by atoms with Crippen LogP contribution in [0.2, 0.25) is 5.15 Å². The number of hydrogen-bond donors (Lipinski definition) is 7. The van der Waals surface area contributed by atoms with Gasteiger partial charge in [-0.25, -0.2) is 9.97 Å². The summed E-state index contributed by atoms with van der Waals surface area (Å²) >= 11 is 6.05. The molecule has 0 saturated carbocycles. The SMILES string of the molecule is Nc1nc(N)c(C(=O)N[C@H]2CCC[N+](CCCc3ccc(OCC(=O)NCCCO)cc3)(CCCc3ccc(OCC(=O)NCCCO)cc3)C2)nc1Cl.[Cl-]. The number of aryl methyl sites for hydroxylation is 2. The molecule has 1 saturated heterocycles. The van der Waals surface area contributed by atoms with Crippen LogP contribution in [-0.2, 0) is 22.4 Å². The molecule has 1 aliphatic heterocycles. The van der Waals surface area contributed by atoms with Crippen LogP contribution >= 0.6 is 11.6 Å². The first-order chi connectivity index (χ1) is 26.1. The van der Waals surface area contributed by atoms with Crippen LogP contribution in [0.5, 0.6) is 11.5 Å². The zero-order valence-corrected chi connectivity index (χ0v) is 32.6. The quantitative estimate of drug-likeness (QED) is 0.0484. The Morgan fingerprint density at radius 2 is 1.29 bits per heavy atom. The number of nitrogens with zero attached hydrogens (tertiary/aromatic N) is 3. The molecule has 2 aromatic carbocycles. The van der Waals surface area contributed by atoms with Crippen molar-refractivity contribution in [3.8, 4) is 11.5 Å². The van der Waals surface area contributed by atoms with Crippen LogP contribution in [0.15, 0.2) is 48.5 Å². The van der Waals surface area contributed by atoms with Crippen LogP contribution in [0.4, 0.5) is 11.6 Å². The summed E-state index contributed by atoms with van der Waals surface area (Å²) in [6.07, 6.45) is 6.34. The van der Waals surface area contributed by atoms with Crippen molar-refractivity contribution >= 4 is 41.0 Å². The summed E-state index contributed by atoms with van der Waals surface area (Å²) in [5, 5.41) is 26.2. The standard InChI is InChI=1S/C38H53ClN8O7.ClH/c39-35-37(41)46-36(40)34(45-35)38(52)44-29-8-3-21-47(24-29,19-1-6-27-9-13-30(14-10-27)53-25-32(50)42-17-4-22-48)20-2-7-28-11-15-31(16-12-28)54-26-33(51)43-18-5-23-49;/h9-16,29,48-49H,1-8,17-26H2,(H6-,40,41,42,43,44,46,50,51,52);1H/t29-;/m0./s1. The number of aromatic nitrogens is 2. The van der Waals surface area contributed by atoms with Gasteiger partial charge in [0.15, 0.2) is 35.7 Å². The highest BCUT2D eigenvalue weighted by Gasteiger charge is 2.35. The number of carbonyl (C=O) groups excluding carboxylic acids is 3. The molecule has 15 nitrogen and oxygen atoms in total. The number of amides is 3. The molecular weight excluding hydrogens is 751 g/mol. The van der Waals surface area contributed by atoms with E-state index in [1.165, 1.54) is 0 Å². The van der Waals surface area contributed by atoms with Gasteiger partial charge in [-0.1, -0.05) is 35.9 Å². The molecule has 2 heterocycles. The molecule has 0 aliphatic carbocycles. The highest BCUT2D eigenvalue weighted by molar-refractivity contribution is 6.31. The van der Waals surface area contributed by atoms with Crippen LogP contribution in [0.3, 0.4) is 0 Å². The average molecular weight is 806 g/mol. The van der Waals surface area contributed by atoms with Gasteiger partial charge in [0.25, 0.3) is 17.7 Å². The second-order valence-corrected chi connectivity index (χ2v) is 13.9. The van der Waals surface area contributed by atoms with E-state index >= 15 is 0 Å². The van der Waals surface area contributed by atoms with Crippen molar-refractivity contribution in [3.63, 3.8) is 0 Å². The summed E-state index contributed by atoms with van der Waals surface area (Å²) in [7, 11) is 0. The normalized spacial score (nSPS) is 14.6. The number of halogens is 2. The van der Waals surface area contributed by atoms with Gasteiger partial charge >= 0.3 is 0 Å². The number of ether oxygens (including phenoxy) is 2. The number of likely N-dealkylation sites (tertiary alicyclic amines) is 1. The Labute approximate surface area is 333 Å². The zero-order chi connectivity index (χ0) is 38.8. The summed E-state index contributed by atoms with van der Waals surface area (Å²) in [5.74, 6) is 0.235. The molecule has 302 valence electrons. The van der Waals surface area contributed by atoms with Crippen molar-refractivity contribution in [2.24, 2.45) is 0 Å². The number of nitrogen functional groups attached to an aromatic ring is 2. The molecule has 1 atom stereocenters. The van der Waals surface area contributed by atoms with Gasteiger partial charge in [0, 0.05) is 39.1 Å². The molecule has 0 bridgehead atoms. The predicted octanol–water partition coefficient (Wildman–Crippen LogP) is -0.972. The summed E-state index contributed by atoms with van der Waals surface area (Å²) in [4.78, 5) is 45.2. The Hall–Kier alpha value is -4.41. The minimum Gasteiger partial charge on any atom is -1.00 e. The van der Waals surface area contributed by atoms with Gasteiger partial charge in [0.2, 0.25) is 0 Å². The molecule has 9 N–H and O–H groups in total. The number of piperidine rings is 1. The van der Waals surface area contributed by atoms with Gasteiger partial charge in [-0.05, 0) is 73.9 Å². The summed E-state index contributed by atoms with van der Waals surface area (Å²) < 4.78 is 12.1. The summed E-state index contributed by atoms with van der Waals surface area (Å²) in [6, 6.07) is 15.5. The van der Waals surface area contributed by atoms with Gasteiger partial charge < -0.3 is 64.0 Å². The highest BCUT2D eigenvalue weighted by atomic mass is 35.5. The molecule has 3 amide bonds. The Morgan fingerprint density at radius 3 is 1.78 bits per heavy atom. The fourth-order valence-corrected chi connectivity index (χ4v) is 6.70. The van der Waals surface area contributed by atoms with E-state index in [0.717, 1.165) is 80.3 Å². The second kappa shape index (κ2) is 23.5. The number of aliphatic hydroxyl groups excluding tert-OH is 2. The molecule has 1 aromatic heterocycles. The second-order valence-electron chi connectivity index (χ2n) is 13.6. The zero-order valence-electron chi connectivity index (χ0n) is 31.1. The van der Waals surface area contributed by atoms with Crippen molar-refractivity contribution in [2.75, 3.05) is 77.2 Å². The Balaban J connectivity index is 0.00000812. The Bertz CT molecular complexity index is 1580. The number of rotatable bonds is 22. The summed E-state index contributed by atoms with van der Waals surface area (Å²) in [6.45, 7) is 4.26. The van der Waals surface area contributed by atoms with Crippen LogP contribution in [0, 0.1) is 0 Å². The first kappa shape index (κ1) is 45.0. The number of hydrogen-bond acceptors (Lipinski definition) is 11. The van der Waals surface area contributed by atoms with E-state index in [2.05, 4.69) is 25.9 Å². The molecule has 0 radical (unpaired) electrons. The number of nitrogens with two attached hydrogens (primary N) is 2. The molecule has 3 aromatic rings. The van der Waals surface area contributed by atoms with Crippen LogP contribution in [0.1, 0.15) is 60.1 Å². The lowest BCUT2D eigenvalue weighted by Crippen LogP contribution is -3.00. The smallest absolute Gasteiger partial charge is 0.274 e. The molecule has 55 heavy (non-hydrogen) atoms. The maximum absolute atomic E-state index is 13.3. The largest absolute Gasteiger partial charge is 1.00 e. The number of aliphatic hydroxyl groups is 2. The van der Waals surface area contributed by atoms with Gasteiger partial charge in [-0.15, -0.1) is 0 Å². The Kier molecular flexibility index (Phi) is 19.2. The van der Waals surface area contributed by atoms with Crippen LogP contribution < -0.4 is 49.3 Å². The van der Waals surface area contributed by atoms with E-state index in [-0.39, 0.29) is 79.2 Å². The number of nitrogens with one attached hydrogen (secondary N) is 3. The van der Waals surface area contributed by atoms with E-state index in [4.69, 9.17) is 42.8 Å². The first-order valence-electron chi connectivity index (χ1n) is 18.5. The van der Waals surface area contributed by atoms with E-state index in [0.29, 0.717) is 37.4 Å². The average Bonchev–Trinajstić information content (AvgIpc) is 3.16. The maximum Gasteiger partial charge on any atom is 0.274 e. The number of quaternary nitrogens is 1. The van der Waals surface area contributed by atoms with Gasteiger partial charge in [-0.2, -0.15) is 0 Å². The highest BCUT2D eigenvalue weighted by Crippen LogP contribution is 2.25. The van der Waals surface area contributed by atoms with Crippen LogP contribution in [0.25, 0.3) is 0 Å². The van der Waals surface area contributed by atoms with Crippen molar-refractivity contribution in [1.82, 2.24) is 25.9 Å². The van der Waals surface area contributed by atoms with Gasteiger partial charge in [0.1, 0.15) is 11.5 Å². The first-order valence-corrected chi connectivity index (χ1v) is 18.9. The van der Waals surface area contributed by atoms with Crippen molar-refractivity contribution in [1.29, 1.82) is 0 Å². The number of anilines is 2. The third-order valence-corrected chi connectivity index (χ3v) is 9.62. The topological polar surface area (TPSA) is 224 Å². The van der Waals surface area contributed by atoms with Gasteiger partial charge in [0.05, 0.1) is 32.2 Å². The lowest BCUT2D eigenvalue weighted by atomic mass is 9.99. The van der Waals surface area contributed by atoms with E-state index < -0.39 is 5.91 Å². The molecule has 1 fully saturated rings. The molecule has 17 heteroatoms. The molecule has 0 unspecified atom stereocenters. The minimum atomic E-state index is -0.429. The lowest BCUT2D eigenvalue weighted by Gasteiger charge is -2.45. The maximum atomic E-state index is 13.3. The fraction of sp³-hybridized carbons (Fsp3) is 0.500. The third-order valence-electron chi connectivity index (χ3n) is 9.34. The van der Waals surface area contributed by atoms with Crippen molar-refractivity contribution < 1.29 is 51.0 Å². The fourth-order valence-electron chi connectivity index (χ4n) is 6.58. The van der Waals surface area contributed by atoms with Crippen molar-refractivity contribution in [2.45, 2.75) is 57.4 Å². The summed E-state index contributed by atoms with van der Waals surface area (Å²) in [5.41, 5.74) is 14.0.